The first-order chi connectivity index (χ1) is 9.65. The predicted molar refractivity (Wildman–Crippen MR) is 79.6 cm³/mol. The molecule has 1 atom stereocenters. The fourth-order valence-corrected chi connectivity index (χ4v) is 2.22. The number of carbonyl (C=O) groups is 1. The zero-order valence-corrected chi connectivity index (χ0v) is 11.7. The van der Waals surface area contributed by atoms with Crippen molar-refractivity contribution in [2.24, 2.45) is 0 Å². The number of rotatable bonds is 4. The van der Waals surface area contributed by atoms with Gasteiger partial charge in [-0.2, -0.15) is 0 Å². The van der Waals surface area contributed by atoms with E-state index >= 15 is 0 Å². The molecule has 5 nitrogen and oxygen atoms in total. The number of nitrogens with zero attached hydrogens (tertiary/aromatic N) is 2. The number of amides is 1. The number of hydrogen-bond acceptors (Lipinski definition) is 4. The van der Waals surface area contributed by atoms with Crippen molar-refractivity contribution in [1.29, 1.82) is 0 Å². The van der Waals surface area contributed by atoms with Crippen LogP contribution in [0.3, 0.4) is 0 Å². The monoisotopic (exact) mass is 272 g/mol. The normalized spacial score (nSPS) is 16.8. The Morgan fingerprint density at radius 3 is 2.80 bits per heavy atom. The number of carbonyl (C=O) groups excluding carboxylic acids is 1. The fraction of sp³-hybridized carbons (Fsp3) is 0.400. The van der Waals surface area contributed by atoms with Crippen LogP contribution in [0.1, 0.15) is 38.2 Å². The first kappa shape index (κ1) is 14.2. The zero-order chi connectivity index (χ0) is 14.4. The van der Waals surface area contributed by atoms with Crippen molar-refractivity contribution in [2.45, 2.75) is 38.6 Å². The zero-order valence-electron chi connectivity index (χ0n) is 11.7. The number of hydrogen-bond donors (Lipinski definition) is 2. The van der Waals surface area contributed by atoms with Crippen LogP contribution < -0.4 is 11.1 Å². The molecule has 1 unspecified atom stereocenters. The lowest BCUT2D eigenvalue weighted by atomic mass is 9.95. The van der Waals surface area contributed by atoms with Gasteiger partial charge in [-0.05, 0) is 38.7 Å². The van der Waals surface area contributed by atoms with Crippen LogP contribution in [0.2, 0.25) is 0 Å². The van der Waals surface area contributed by atoms with Crippen molar-refractivity contribution in [1.82, 2.24) is 15.3 Å². The van der Waals surface area contributed by atoms with Crippen molar-refractivity contribution >= 4 is 17.9 Å². The largest absolute Gasteiger partial charge is 0.368 e. The van der Waals surface area contributed by atoms with Crippen LogP contribution in [0.4, 0.5) is 5.95 Å². The van der Waals surface area contributed by atoms with Gasteiger partial charge in [-0.1, -0.05) is 11.6 Å². The number of nitrogen functional groups attached to an aromatic ring is 1. The van der Waals surface area contributed by atoms with E-state index in [2.05, 4.69) is 21.4 Å². The molecule has 20 heavy (non-hydrogen) atoms. The molecule has 1 aromatic rings. The average Bonchev–Trinajstić information content (AvgIpc) is 2.47. The molecule has 0 fully saturated rings. The Kier molecular flexibility index (Phi) is 4.87. The molecule has 3 N–H and O–H groups in total. The first-order valence-electron chi connectivity index (χ1n) is 6.90. The SMILES string of the molecule is CC(NC(=O)C=Cc1cnc(N)nc1)C1=CCCCC1. The van der Waals surface area contributed by atoms with Crippen molar-refractivity contribution in [3.63, 3.8) is 0 Å². The first-order valence-corrected chi connectivity index (χ1v) is 6.90. The van der Waals surface area contributed by atoms with Gasteiger partial charge in [0.05, 0.1) is 0 Å². The number of aromatic nitrogens is 2. The van der Waals surface area contributed by atoms with Crippen LogP contribution in [0.5, 0.6) is 0 Å². The molecule has 0 aliphatic heterocycles. The highest BCUT2D eigenvalue weighted by molar-refractivity contribution is 5.92. The Morgan fingerprint density at radius 2 is 2.15 bits per heavy atom. The molecule has 2 rings (SSSR count). The Morgan fingerprint density at radius 1 is 1.40 bits per heavy atom. The Balaban J connectivity index is 1.88. The van der Waals surface area contributed by atoms with Crippen LogP contribution in [0, 0.1) is 0 Å². The molecule has 0 bridgehead atoms. The summed E-state index contributed by atoms with van der Waals surface area (Å²) in [6, 6.07) is 0.0927. The third-order valence-corrected chi connectivity index (χ3v) is 3.36. The maximum atomic E-state index is 11.8. The minimum absolute atomic E-state index is 0.0927. The van der Waals surface area contributed by atoms with E-state index in [4.69, 9.17) is 5.73 Å². The van der Waals surface area contributed by atoms with E-state index in [1.54, 1.807) is 18.5 Å². The van der Waals surface area contributed by atoms with E-state index in [9.17, 15) is 4.79 Å². The molecule has 1 aliphatic carbocycles. The van der Waals surface area contributed by atoms with Gasteiger partial charge in [-0.3, -0.25) is 4.79 Å². The molecule has 106 valence electrons. The minimum Gasteiger partial charge on any atom is -0.368 e. The van der Waals surface area contributed by atoms with Crippen LogP contribution in [0.25, 0.3) is 6.08 Å². The highest BCUT2D eigenvalue weighted by Gasteiger charge is 2.12. The quantitative estimate of drug-likeness (QED) is 0.649. The molecule has 0 saturated heterocycles. The van der Waals surface area contributed by atoms with Gasteiger partial charge in [-0.15, -0.1) is 0 Å². The molecule has 0 spiro atoms. The summed E-state index contributed by atoms with van der Waals surface area (Å²) < 4.78 is 0. The Labute approximate surface area is 119 Å². The summed E-state index contributed by atoms with van der Waals surface area (Å²) in [5.41, 5.74) is 7.48. The number of nitrogens with one attached hydrogen (secondary N) is 1. The molecular weight excluding hydrogens is 252 g/mol. The van der Waals surface area contributed by atoms with Crippen molar-refractivity contribution in [3.05, 3.63) is 35.7 Å². The molecule has 0 saturated carbocycles. The molecule has 1 amide bonds. The highest BCUT2D eigenvalue weighted by Crippen LogP contribution is 2.20. The van der Waals surface area contributed by atoms with Gasteiger partial charge in [0.2, 0.25) is 11.9 Å². The molecular formula is C15H20N4O. The van der Waals surface area contributed by atoms with Gasteiger partial charge >= 0.3 is 0 Å². The molecule has 0 aromatic carbocycles. The van der Waals surface area contributed by atoms with E-state index in [0.717, 1.165) is 18.4 Å². The van der Waals surface area contributed by atoms with Gasteiger partial charge in [0, 0.05) is 30.1 Å². The maximum absolute atomic E-state index is 11.8. The standard InChI is InChI=1S/C15H20N4O/c1-11(13-5-3-2-4-6-13)19-14(20)8-7-12-9-17-15(16)18-10-12/h5,7-11H,2-4,6H2,1H3,(H,19,20)(H2,16,17,18). The summed E-state index contributed by atoms with van der Waals surface area (Å²) in [5, 5.41) is 2.97. The summed E-state index contributed by atoms with van der Waals surface area (Å²) in [5.74, 6) is 0.116. The predicted octanol–water partition coefficient (Wildman–Crippen LogP) is 2.08. The van der Waals surface area contributed by atoms with E-state index in [1.807, 2.05) is 6.92 Å². The molecule has 1 aliphatic rings. The van der Waals surface area contributed by atoms with Crippen molar-refractivity contribution in [3.8, 4) is 0 Å². The number of nitrogens with two attached hydrogens (primary N) is 1. The molecule has 1 heterocycles. The molecule has 0 radical (unpaired) electrons. The van der Waals surface area contributed by atoms with E-state index < -0.39 is 0 Å². The highest BCUT2D eigenvalue weighted by atomic mass is 16.1. The third-order valence-electron chi connectivity index (χ3n) is 3.36. The van der Waals surface area contributed by atoms with Crippen LogP contribution in [0.15, 0.2) is 30.1 Å². The third kappa shape index (κ3) is 4.19. The molecule has 5 heteroatoms. The van der Waals surface area contributed by atoms with Gasteiger partial charge in [0.15, 0.2) is 0 Å². The second-order valence-electron chi connectivity index (χ2n) is 4.96. The van der Waals surface area contributed by atoms with Gasteiger partial charge in [-0.25, -0.2) is 9.97 Å². The lowest BCUT2D eigenvalue weighted by molar-refractivity contribution is -0.116. The summed E-state index contributed by atoms with van der Waals surface area (Å²) >= 11 is 0. The summed E-state index contributed by atoms with van der Waals surface area (Å²) in [6.07, 6.45) is 13.2. The lowest BCUT2D eigenvalue weighted by Gasteiger charge is -2.20. The summed E-state index contributed by atoms with van der Waals surface area (Å²) in [4.78, 5) is 19.6. The summed E-state index contributed by atoms with van der Waals surface area (Å²) in [7, 11) is 0. The topological polar surface area (TPSA) is 80.9 Å². The van der Waals surface area contributed by atoms with Crippen LogP contribution in [-0.2, 0) is 4.79 Å². The maximum Gasteiger partial charge on any atom is 0.244 e. The average molecular weight is 272 g/mol. The smallest absolute Gasteiger partial charge is 0.244 e. The van der Waals surface area contributed by atoms with Gasteiger partial charge in [0.25, 0.3) is 0 Å². The van der Waals surface area contributed by atoms with Crippen LogP contribution >= 0.6 is 0 Å². The Bertz CT molecular complexity index is 519. The van der Waals surface area contributed by atoms with Crippen molar-refractivity contribution < 1.29 is 4.79 Å². The van der Waals surface area contributed by atoms with Gasteiger partial charge < -0.3 is 11.1 Å². The number of allylic oxidation sites excluding steroid dienone is 1. The van der Waals surface area contributed by atoms with Crippen molar-refractivity contribution in [2.75, 3.05) is 5.73 Å². The second-order valence-corrected chi connectivity index (χ2v) is 4.96. The Hall–Kier alpha value is -2.17. The van der Waals surface area contributed by atoms with E-state index in [0.29, 0.717) is 0 Å². The molecule has 1 aromatic heterocycles. The number of anilines is 1. The van der Waals surface area contributed by atoms with Crippen LogP contribution in [-0.4, -0.2) is 21.9 Å². The van der Waals surface area contributed by atoms with E-state index in [1.165, 1.54) is 24.5 Å². The lowest BCUT2D eigenvalue weighted by Crippen LogP contribution is -2.33. The minimum atomic E-state index is -0.110. The van der Waals surface area contributed by atoms with E-state index in [-0.39, 0.29) is 17.9 Å². The van der Waals surface area contributed by atoms with Gasteiger partial charge in [0.1, 0.15) is 0 Å². The fourth-order valence-electron chi connectivity index (χ4n) is 2.22. The second kappa shape index (κ2) is 6.84. The summed E-state index contributed by atoms with van der Waals surface area (Å²) in [6.45, 7) is 2.02.